The standard InChI is InChI=1S/C15H21N5O2S/c1-4-12(20-14(16)18-19-15(20)23-3)13(21)17-10-6-8-11(9-7-10)22-5-2/h6-9,12H,4-5H2,1-3H3,(H2,16,18)(H,17,21). The Labute approximate surface area is 139 Å². The minimum Gasteiger partial charge on any atom is -0.494 e. The molecule has 7 nitrogen and oxygen atoms in total. The summed E-state index contributed by atoms with van der Waals surface area (Å²) < 4.78 is 7.05. The highest BCUT2D eigenvalue weighted by atomic mass is 32.2. The number of rotatable bonds is 7. The van der Waals surface area contributed by atoms with Gasteiger partial charge in [0.25, 0.3) is 0 Å². The smallest absolute Gasteiger partial charge is 0.247 e. The summed E-state index contributed by atoms with van der Waals surface area (Å²) in [6.07, 6.45) is 2.45. The molecular formula is C15H21N5O2S. The van der Waals surface area contributed by atoms with Crippen LogP contribution >= 0.6 is 11.8 Å². The van der Waals surface area contributed by atoms with E-state index in [1.54, 1.807) is 16.7 Å². The van der Waals surface area contributed by atoms with Crippen LogP contribution in [0.1, 0.15) is 26.3 Å². The average molecular weight is 335 g/mol. The van der Waals surface area contributed by atoms with Gasteiger partial charge in [-0.15, -0.1) is 10.2 Å². The first-order chi connectivity index (χ1) is 11.1. The average Bonchev–Trinajstić information content (AvgIpc) is 2.91. The highest BCUT2D eigenvalue weighted by molar-refractivity contribution is 7.98. The van der Waals surface area contributed by atoms with Gasteiger partial charge < -0.3 is 15.8 Å². The predicted molar refractivity (Wildman–Crippen MR) is 91.8 cm³/mol. The maximum Gasteiger partial charge on any atom is 0.247 e. The SMILES string of the molecule is CCOc1ccc(NC(=O)C(CC)n2c(N)nnc2SC)cc1. The van der Waals surface area contributed by atoms with Crippen molar-refractivity contribution in [3.05, 3.63) is 24.3 Å². The molecule has 0 bridgehead atoms. The molecule has 1 aromatic carbocycles. The van der Waals surface area contributed by atoms with E-state index in [1.807, 2.05) is 32.2 Å². The molecule has 0 aliphatic rings. The Morgan fingerprint density at radius 1 is 1.35 bits per heavy atom. The van der Waals surface area contributed by atoms with Gasteiger partial charge in [0.05, 0.1) is 6.61 Å². The molecule has 1 unspecified atom stereocenters. The van der Waals surface area contributed by atoms with Gasteiger partial charge in [-0.1, -0.05) is 18.7 Å². The quantitative estimate of drug-likeness (QED) is 0.755. The number of nitrogens with zero attached hydrogens (tertiary/aromatic N) is 3. The number of aromatic nitrogens is 3. The number of benzene rings is 1. The minimum atomic E-state index is -0.459. The van der Waals surface area contributed by atoms with E-state index in [1.165, 1.54) is 11.8 Å². The van der Waals surface area contributed by atoms with E-state index in [4.69, 9.17) is 10.5 Å². The molecule has 2 aromatic rings. The second-order valence-electron chi connectivity index (χ2n) is 4.79. The van der Waals surface area contributed by atoms with Crippen molar-refractivity contribution in [1.82, 2.24) is 14.8 Å². The second kappa shape index (κ2) is 7.87. The Balaban J connectivity index is 2.15. The van der Waals surface area contributed by atoms with E-state index in [0.29, 0.717) is 23.9 Å². The van der Waals surface area contributed by atoms with Crippen LogP contribution in [0.3, 0.4) is 0 Å². The third kappa shape index (κ3) is 3.95. The van der Waals surface area contributed by atoms with Crippen molar-refractivity contribution in [2.75, 3.05) is 23.9 Å². The maximum atomic E-state index is 12.6. The van der Waals surface area contributed by atoms with Crippen molar-refractivity contribution in [3.8, 4) is 5.75 Å². The van der Waals surface area contributed by atoms with Gasteiger partial charge in [0.2, 0.25) is 11.9 Å². The molecule has 23 heavy (non-hydrogen) atoms. The zero-order valence-corrected chi connectivity index (χ0v) is 14.3. The molecule has 0 aliphatic carbocycles. The summed E-state index contributed by atoms with van der Waals surface area (Å²) in [6.45, 7) is 4.45. The fraction of sp³-hybridized carbons (Fsp3) is 0.400. The van der Waals surface area contributed by atoms with Gasteiger partial charge in [-0.05, 0) is 43.9 Å². The molecule has 0 fully saturated rings. The summed E-state index contributed by atoms with van der Waals surface area (Å²) in [5.41, 5.74) is 6.56. The lowest BCUT2D eigenvalue weighted by atomic mass is 10.2. The summed E-state index contributed by atoms with van der Waals surface area (Å²) >= 11 is 1.40. The van der Waals surface area contributed by atoms with Crippen LogP contribution < -0.4 is 15.8 Å². The van der Waals surface area contributed by atoms with Gasteiger partial charge in [0, 0.05) is 5.69 Å². The molecule has 0 saturated carbocycles. The molecule has 0 radical (unpaired) electrons. The normalized spacial score (nSPS) is 12.0. The van der Waals surface area contributed by atoms with Crippen LogP contribution in [0.5, 0.6) is 5.75 Å². The lowest BCUT2D eigenvalue weighted by Crippen LogP contribution is -2.27. The number of hydrogen-bond donors (Lipinski definition) is 2. The van der Waals surface area contributed by atoms with Gasteiger partial charge >= 0.3 is 0 Å². The van der Waals surface area contributed by atoms with E-state index in [0.717, 1.165) is 5.75 Å². The van der Waals surface area contributed by atoms with Crippen LogP contribution in [0.2, 0.25) is 0 Å². The first-order valence-electron chi connectivity index (χ1n) is 7.38. The van der Waals surface area contributed by atoms with Crippen molar-refractivity contribution in [1.29, 1.82) is 0 Å². The largest absolute Gasteiger partial charge is 0.494 e. The number of nitrogens with one attached hydrogen (secondary N) is 1. The fourth-order valence-electron chi connectivity index (χ4n) is 2.23. The van der Waals surface area contributed by atoms with Gasteiger partial charge in [-0.2, -0.15) is 0 Å². The van der Waals surface area contributed by atoms with Gasteiger partial charge in [-0.3, -0.25) is 9.36 Å². The Hall–Kier alpha value is -2.22. The molecule has 1 heterocycles. The second-order valence-corrected chi connectivity index (χ2v) is 5.56. The summed E-state index contributed by atoms with van der Waals surface area (Å²) in [4.78, 5) is 12.6. The van der Waals surface area contributed by atoms with Crippen LogP contribution in [0.25, 0.3) is 0 Å². The molecule has 1 amide bonds. The van der Waals surface area contributed by atoms with Crippen LogP contribution in [0.15, 0.2) is 29.4 Å². The molecule has 0 spiro atoms. The van der Waals surface area contributed by atoms with Crippen LogP contribution in [0, 0.1) is 0 Å². The predicted octanol–water partition coefficient (Wildman–Crippen LogP) is 2.57. The van der Waals surface area contributed by atoms with Crippen LogP contribution in [-0.2, 0) is 4.79 Å². The van der Waals surface area contributed by atoms with E-state index < -0.39 is 6.04 Å². The zero-order valence-electron chi connectivity index (χ0n) is 13.4. The number of hydrogen-bond acceptors (Lipinski definition) is 6. The fourth-order valence-corrected chi connectivity index (χ4v) is 2.77. The maximum absolute atomic E-state index is 12.6. The lowest BCUT2D eigenvalue weighted by molar-refractivity contribution is -0.119. The lowest BCUT2D eigenvalue weighted by Gasteiger charge is -2.18. The Morgan fingerprint density at radius 2 is 2.04 bits per heavy atom. The van der Waals surface area contributed by atoms with Crippen molar-refractivity contribution >= 4 is 29.3 Å². The monoisotopic (exact) mass is 335 g/mol. The number of amides is 1. The Morgan fingerprint density at radius 3 is 2.61 bits per heavy atom. The van der Waals surface area contributed by atoms with Crippen LogP contribution in [-0.4, -0.2) is 33.5 Å². The van der Waals surface area contributed by atoms with E-state index in [9.17, 15) is 4.79 Å². The number of nitrogen functional groups attached to an aromatic ring is 1. The van der Waals surface area contributed by atoms with E-state index >= 15 is 0 Å². The van der Waals surface area contributed by atoms with Gasteiger partial charge in [-0.25, -0.2) is 0 Å². The third-order valence-corrected chi connectivity index (χ3v) is 3.95. The first kappa shape index (κ1) is 17.1. The first-order valence-corrected chi connectivity index (χ1v) is 8.61. The number of carbonyl (C=O) groups excluding carboxylic acids is 1. The number of carbonyl (C=O) groups is 1. The van der Waals surface area contributed by atoms with Crippen molar-refractivity contribution in [3.63, 3.8) is 0 Å². The number of thioether (sulfide) groups is 1. The van der Waals surface area contributed by atoms with Crippen molar-refractivity contribution in [2.24, 2.45) is 0 Å². The highest BCUT2D eigenvalue weighted by Crippen LogP contribution is 2.25. The minimum absolute atomic E-state index is 0.154. The van der Waals surface area contributed by atoms with E-state index in [-0.39, 0.29) is 11.9 Å². The third-order valence-electron chi connectivity index (χ3n) is 3.31. The topological polar surface area (TPSA) is 95.1 Å². The van der Waals surface area contributed by atoms with Crippen LogP contribution in [0.4, 0.5) is 11.6 Å². The van der Waals surface area contributed by atoms with Gasteiger partial charge in [0.15, 0.2) is 5.16 Å². The molecule has 0 aliphatic heterocycles. The highest BCUT2D eigenvalue weighted by Gasteiger charge is 2.24. The summed E-state index contributed by atoms with van der Waals surface area (Å²) in [5.74, 6) is 0.853. The van der Waals surface area contributed by atoms with Crippen molar-refractivity contribution < 1.29 is 9.53 Å². The Bertz CT molecular complexity index is 656. The molecule has 1 aromatic heterocycles. The molecule has 124 valence electrons. The summed E-state index contributed by atoms with van der Waals surface area (Å²) in [6, 6.07) is 6.79. The zero-order chi connectivity index (χ0) is 16.8. The molecule has 8 heteroatoms. The number of anilines is 2. The molecule has 2 rings (SSSR count). The summed E-state index contributed by atoms with van der Waals surface area (Å²) in [5, 5.41) is 11.3. The number of nitrogens with two attached hydrogens (primary N) is 1. The van der Waals surface area contributed by atoms with Gasteiger partial charge in [0.1, 0.15) is 11.8 Å². The Kier molecular flexibility index (Phi) is 5.86. The molecule has 3 N–H and O–H groups in total. The molecule has 0 saturated heterocycles. The molecule has 1 atom stereocenters. The molecular weight excluding hydrogens is 314 g/mol. The van der Waals surface area contributed by atoms with Crippen molar-refractivity contribution in [2.45, 2.75) is 31.5 Å². The van der Waals surface area contributed by atoms with E-state index in [2.05, 4.69) is 15.5 Å². The summed E-state index contributed by atoms with van der Waals surface area (Å²) in [7, 11) is 0. The number of ether oxygens (including phenoxy) is 1.